The van der Waals surface area contributed by atoms with E-state index in [1.54, 1.807) is 36.7 Å². The van der Waals surface area contributed by atoms with Crippen molar-refractivity contribution in [2.75, 3.05) is 39.3 Å². The molecule has 0 spiro atoms. The molecule has 2 saturated heterocycles. The number of sulfonamides is 1. The molecule has 2 aliphatic rings. The number of carbonyl (C=O) groups is 1. The summed E-state index contributed by atoms with van der Waals surface area (Å²) >= 11 is 0. The van der Waals surface area contributed by atoms with Crippen LogP contribution in [-0.4, -0.2) is 84.8 Å². The number of hydrogen-bond donors (Lipinski definition) is 0. The van der Waals surface area contributed by atoms with E-state index in [0.717, 1.165) is 57.6 Å². The van der Waals surface area contributed by atoms with Crippen LogP contribution in [0.5, 0.6) is 5.75 Å². The van der Waals surface area contributed by atoms with E-state index in [2.05, 4.69) is 9.88 Å². The van der Waals surface area contributed by atoms with Gasteiger partial charge in [0.05, 0.1) is 4.90 Å². The summed E-state index contributed by atoms with van der Waals surface area (Å²) in [5, 5.41) is 0. The number of nitrogens with zero attached hydrogens (tertiary/aromatic N) is 4. The van der Waals surface area contributed by atoms with Crippen LogP contribution in [0.4, 0.5) is 0 Å². The van der Waals surface area contributed by atoms with Crippen LogP contribution in [0.2, 0.25) is 0 Å². The Balaban J connectivity index is 1.26. The minimum atomic E-state index is -3.52. The molecule has 0 unspecified atom stereocenters. The minimum absolute atomic E-state index is 0.0281. The first kappa shape index (κ1) is 25.6. The van der Waals surface area contributed by atoms with Crippen LogP contribution < -0.4 is 4.74 Å². The minimum Gasteiger partial charge on any atom is -0.490 e. The van der Waals surface area contributed by atoms with Crippen molar-refractivity contribution in [3.8, 4) is 5.75 Å². The maximum absolute atomic E-state index is 13.0. The zero-order valence-electron chi connectivity index (χ0n) is 20.7. The van der Waals surface area contributed by atoms with Crippen LogP contribution >= 0.6 is 0 Å². The molecule has 0 aliphatic carbocycles. The van der Waals surface area contributed by atoms with Crippen molar-refractivity contribution >= 4 is 15.9 Å². The molecule has 2 aromatic rings. The first-order valence-corrected chi connectivity index (χ1v) is 14.1. The number of carbonyl (C=O) groups excluding carboxylic acids is 1. The molecular weight excluding hydrogens is 464 g/mol. The third kappa shape index (κ3) is 6.02. The van der Waals surface area contributed by atoms with Gasteiger partial charge in [-0.3, -0.25) is 14.7 Å². The van der Waals surface area contributed by atoms with E-state index in [0.29, 0.717) is 24.7 Å². The summed E-state index contributed by atoms with van der Waals surface area (Å²) in [4.78, 5) is 21.7. The number of ether oxygens (including phenoxy) is 1. The highest BCUT2D eigenvalue weighted by Gasteiger charge is 2.31. The maximum atomic E-state index is 13.0. The topological polar surface area (TPSA) is 83.1 Å². The fourth-order valence-electron chi connectivity index (χ4n) is 5.07. The van der Waals surface area contributed by atoms with Gasteiger partial charge in [0.25, 0.3) is 5.91 Å². The molecule has 9 heteroatoms. The lowest BCUT2D eigenvalue weighted by Crippen LogP contribution is -2.50. The Hall–Kier alpha value is -2.49. The standard InChI is InChI=1S/C26H36N4O4S/c1-3-30(4-2)35(32,33)25-7-5-21(6-8-25)26(31)29-17-11-22(12-18-29)28-19-13-24(14-20-28)34-23-9-15-27-16-10-23/h5-10,15-16,22,24H,3-4,11-14,17-20H2,1-2H3. The molecule has 2 aliphatic heterocycles. The van der Waals surface area contributed by atoms with E-state index in [1.165, 1.54) is 4.31 Å². The van der Waals surface area contributed by atoms with Gasteiger partial charge in [-0.15, -0.1) is 0 Å². The van der Waals surface area contributed by atoms with Gasteiger partial charge in [0.2, 0.25) is 10.0 Å². The van der Waals surface area contributed by atoms with E-state index in [-0.39, 0.29) is 16.9 Å². The second kappa shape index (κ2) is 11.5. The smallest absolute Gasteiger partial charge is 0.253 e. The Morgan fingerprint density at radius 2 is 1.54 bits per heavy atom. The predicted molar refractivity (Wildman–Crippen MR) is 135 cm³/mol. The van der Waals surface area contributed by atoms with Crippen molar-refractivity contribution in [1.29, 1.82) is 0 Å². The number of likely N-dealkylation sites (tertiary alicyclic amines) is 2. The molecule has 1 aromatic heterocycles. The fraction of sp³-hybridized carbons (Fsp3) is 0.538. The second-order valence-electron chi connectivity index (χ2n) is 9.17. The lowest BCUT2D eigenvalue weighted by atomic mass is 9.98. The molecule has 35 heavy (non-hydrogen) atoms. The summed E-state index contributed by atoms with van der Waals surface area (Å²) in [5.41, 5.74) is 0.538. The monoisotopic (exact) mass is 500 g/mol. The molecule has 1 aromatic carbocycles. The summed E-state index contributed by atoms with van der Waals surface area (Å²) < 4.78 is 32.9. The number of rotatable bonds is 8. The second-order valence-corrected chi connectivity index (χ2v) is 11.1. The highest BCUT2D eigenvalue weighted by atomic mass is 32.2. The molecule has 0 atom stereocenters. The third-order valence-corrected chi connectivity index (χ3v) is 9.21. The number of aromatic nitrogens is 1. The van der Waals surface area contributed by atoms with E-state index < -0.39 is 10.0 Å². The van der Waals surface area contributed by atoms with Crippen LogP contribution in [0.1, 0.15) is 49.9 Å². The number of pyridine rings is 1. The molecule has 0 saturated carbocycles. The maximum Gasteiger partial charge on any atom is 0.253 e. The van der Waals surface area contributed by atoms with E-state index >= 15 is 0 Å². The van der Waals surface area contributed by atoms with Crippen LogP contribution in [-0.2, 0) is 10.0 Å². The van der Waals surface area contributed by atoms with Gasteiger partial charge in [0, 0.05) is 63.3 Å². The predicted octanol–water partition coefficient (Wildman–Crippen LogP) is 3.26. The van der Waals surface area contributed by atoms with Gasteiger partial charge in [-0.1, -0.05) is 13.8 Å². The van der Waals surface area contributed by atoms with E-state index in [9.17, 15) is 13.2 Å². The van der Waals surface area contributed by atoms with Gasteiger partial charge in [-0.2, -0.15) is 4.31 Å². The zero-order chi connectivity index (χ0) is 24.8. The molecule has 0 bridgehead atoms. The van der Waals surface area contributed by atoms with Gasteiger partial charge in [0.15, 0.2) is 0 Å². The number of hydrogen-bond acceptors (Lipinski definition) is 6. The summed E-state index contributed by atoms with van der Waals surface area (Å²) in [6, 6.07) is 10.7. The molecule has 2 fully saturated rings. The van der Waals surface area contributed by atoms with Crippen molar-refractivity contribution in [3.63, 3.8) is 0 Å². The van der Waals surface area contributed by atoms with Crippen LogP contribution in [0.15, 0.2) is 53.7 Å². The number of piperidine rings is 2. The first-order valence-electron chi connectivity index (χ1n) is 12.6. The zero-order valence-corrected chi connectivity index (χ0v) is 21.5. The number of benzene rings is 1. The Kier molecular flexibility index (Phi) is 8.41. The first-order chi connectivity index (χ1) is 16.9. The lowest BCUT2D eigenvalue weighted by Gasteiger charge is -2.41. The lowest BCUT2D eigenvalue weighted by molar-refractivity contribution is 0.0425. The quantitative estimate of drug-likeness (QED) is 0.553. The summed E-state index contributed by atoms with van der Waals surface area (Å²) in [6.07, 6.45) is 7.66. The summed E-state index contributed by atoms with van der Waals surface area (Å²) in [6.45, 7) is 7.94. The van der Waals surface area contributed by atoms with Crippen molar-refractivity contribution < 1.29 is 17.9 Å². The van der Waals surface area contributed by atoms with Gasteiger partial charge in [-0.25, -0.2) is 8.42 Å². The van der Waals surface area contributed by atoms with Crippen molar-refractivity contribution in [2.45, 2.75) is 56.6 Å². The third-order valence-electron chi connectivity index (χ3n) is 7.14. The molecule has 0 N–H and O–H groups in total. The average Bonchev–Trinajstić information content (AvgIpc) is 2.90. The van der Waals surface area contributed by atoms with Crippen LogP contribution in [0.25, 0.3) is 0 Å². The Morgan fingerprint density at radius 1 is 0.943 bits per heavy atom. The van der Waals surface area contributed by atoms with Gasteiger partial charge in [0.1, 0.15) is 11.9 Å². The molecule has 8 nitrogen and oxygen atoms in total. The molecule has 190 valence electrons. The van der Waals surface area contributed by atoms with Crippen molar-refractivity contribution in [3.05, 3.63) is 54.4 Å². The van der Waals surface area contributed by atoms with Crippen molar-refractivity contribution in [1.82, 2.24) is 19.1 Å². The molecule has 0 radical (unpaired) electrons. The highest BCUT2D eigenvalue weighted by Crippen LogP contribution is 2.25. The molecule has 1 amide bonds. The molecule has 4 rings (SSSR count). The van der Waals surface area contributed by atoms with Crippen LogP contribution in [0, 0.1) is 0 Å². The largest absolute Gasteiger partial charge is 0.490 e. The average molecular weight is 501 g/mol. The van der Waals surface area contributed by atoms with Gasteiger partial charge >= 0.3 is 0 Å². The number of amides is 1. The molecular formula is C26H36N4O4S. The Labute approximate surface area is 208 Å². The molecule has 3 heterocycles. The van der Waals surface area contributed by atoms with Gasteiger partial charge in [-0.05, 0) is 62.1 Å². The normalized spacial score (nSPS) is 18.7. The van der Waals surface area contributed by atoms with Crippen LogP contribution in [0.3, 0.4) is 0 Å². The summed E-state index contributed by atoms with van der Waals surface area (Å²) in [5.74, 6) is 0.851. The Bertz CT molecular complexity index is 1060. The van der Waals surface area contributed by atoms with E-state index in [4.69, 9.17) is 4.74 Å². The van der Waals surface area contributed by atoms with Gasteiger partial charge < -0.3 is 9.64 Å². The fourth-order valence-corrected chi connectivity index (χ4v) is 6.52. The van der Waals surface area contributed by atoms with E-state index in [1.807, 2.05) is 30.9 Å². The Morgan fingerprint density at radius 3 is 2.11 bits per heavy atom. The summed E-state index contributed by atoms with van der Waals surface area (Å²) in [7, 11) is -3.52. The highest BCUT2D eigenvalue weighted by molar-refractivity contribution is 7.89. The van der Waals surface area contributed by atoms with Crippen molar-refractivity contribution in [2.24, 2.45) is 0 Å². The SMILES string of the molecule is CCN(CC)S(=O)(=O)c1ccc(C(=O)N2CCC(N3CCC(Oc4ccncc4)CC3)CC2)cc1.